The molecule has 0 saturated carbocycles. The number of nitrogens with zero attached hydrogens (tertiary/aromatic N) is 3. The smallest absolute Gasteiger partial charge is 0.271 e. The van der Waals surface area contributed by atoms with E-state index >= 15 is 0 Å². The van der Waals surface area contributed by atoms with Gasteiger partial charge in [-0.1, -0.05) is 6.42 Å². The number of fused-ring (bicyclic) bond motifs is 1. The average molecular weight is 290 g/mol. The number of carbonyl (C=O) groups is 1. The molecule has 2 aliphatic heterocycles. The number of hydrogen-bond donors (Lipinski definition) is 1. The maximum Gasteiger partial charge on any atom is 0.271 e. The average Bonchev–Trinajstić information content (AvgIpc) is 2.96. The quantitative estimate of drug-likeness (QED) is 0.842. The molecule has 1 aromatic heterocycles. The monoisotopic (exact) mass is 290 g/mol. The van der Waals surface area contributed by atoms with Gasteiger partial charge in [-0.15, -0.1) is 0 Å². The highest BCUT2D eigenvalue weighted by molar-refractivity contribution is 5.92. The van der Waals surface area contributed by atoms with Crippen LogP contribution in [0.1, 0.15) is 54.8 Å². The molecule has 0 bridgehead atoms. The summed E-state index contributed by atoms with van der Waals surface area (Å²) >= 11 is 0. The van der Waals surface area contributed by atoms with Gasteiger partial charge in [-0.05, 0) is 51.7 Å². The summed E-state index contributed by atoms with van der Waals surface area (Å²) in [6.07, 6.45) is 10.3. The first-order valence-corrected chi connectivity index (χ1v) is 8.39. The highest BCUT2D eigenvalue weighted by Crippen LogP contribution is 2.14. The molecule has 1 aromatic rings. The molecule has 21 heavy (non-hydrogen) atoms. The Morgan fingerprint density at radius 3 is 2.76 bits per heavy atom. The molecule has 1 amide bonds. The van der Waals surface area contributed by atoms with Gasteiger partial charge < -0.3 is 14.8 Å². The predicted molar refractivity (Wildman–Crippen MR) is 82.4 cm³/mol. The zero-order chi connectivity index (χ0) is 14.5. The molecule has 116 valence electrons. The van der Waals surface area contributed by atoms with Crippen molar-refractivity contribution in [2.24, 2.45) is 0 Å². The lowest BCUT2D eigenvalue weighted by Gasteiger charge is -2.26. The number of hydrogen-bond acceptors (Lipinski definition) is 3. The lowest BCUT2D eigenvalue weighted by Crippen LogP contribution is -2.33. The van der Waals surface area contributed by atoms with Crippen molar-refractivity contribution in [3.63, 3.8) is 0 Å². The van der Waals surface area contributed by atoms with Gasteiger partial charge in [0.1, 0.15) is 11.5 Å². The van der Waals surface area contributed by atoms with E-state index in [2.05, 4.69) is 19.8 Å². The maximum atomic E-state index is 12.1. The third kappa shape index (κ3) is 3.84. The second kappa shape index (κ2) is 7.07. The second-order valence-electron chi connectivity index (χ2n) is 6.20. The number of likely N-dealkylation sites (tertiary alicyclic amines) is 1. The van der Waals surface area contributed by atoms with Crippen LogP contribution in [-0.4, -0.2) is 46.5 Å². The Morgan fingerprint density at radius 1 is 1.14 bits per heavy atom. The van der Waals surface area contributed by atoms with Crippen molar-refractivity contribution in [3.8, 4) is 0 Å². The van der Waals surface area contributed by atoms with Crippen LogP contribution in [0.5, 0.6) is 0 Å². The largest absolute Gasteiger partial charge is 0.351 e. The summed E-state index contributed by atoms with van der Waals surface area (Å²) < 4.78 is 2.13. The summed E-state index contributed by atoms with van der Waals surface area (Å²) in [5, 5.41) is 3.01. The lowest BCUT2D eigenvalue weighted by molar-refractivity contribution is 0.0946. The van der Waals surface area contributed by atoms with Gasteiger partial charge in [0.25, 0.3) is 5.91 Å². The van der Waals surface area contributed by atoms with Crippen LogP contribution >= 0.6 is 0 Å². The number of imidazole rings is 1. The Labute approximate surface area is 126 Å². The van der Waals surface area contributed by atoms with Gasteiger partial charge in [0, 0.05) is 25.7 Å². The van der Waals surface area contributed by atoms with Gasteiger partial charge in [-0.2, -0.15) is 0 Å². The Bertz CT molecular complexity index is 453. The Hall–Kier alpha value is -1.36. The molecule has 1 saturated heterocycles. The van der Waals surface area contributed by atoms with Crippen LogP contribution in [0.15, 0.2) is 6.20 Å². The fraction of sp³-hybridized carbons (Fsp3) is 0.750. The zero-order valence-corrected chi connectivity index (χ0v) is 12.8. The summed E-state index contributed by atoms with van der Waals surface area (Å²) in [4.78, 5) is 19.1. The predicted octanol–water partition coefficient (Wildman–Crippen LogP) is 1.83. The molecule has 0 radical (unpaired) electrons. The van der Waals surface area contributed by atoms with Gasteiger partial charge in [-0.3, -0.25) is 4.79 Å². The number of aromatic nitrogens is 2. The number of rotatable bonds is 5. The van der Waals surface area contributed by atoms with Gasteiger partial charge >= 0.3 is 0 Å². The first kappa shape index (κ1) is 14.6. The summed E-state index contributed by atoms with van der Waals surface area (Å²) in [5.41, 5.74) is 0.588. The van der Waals surface area contributed by atoms with Gasteiger partial charge in [-0.25, -0.2) is 4.98 Å². The molecule has 0 atom stereocenters. The summed E-state index contributed by atoms with van der Waals surface area (Å²) in [7, 11) is 0. The fourth-order valence-corrected chi connectivity index (χ4v) is 3.30. The van der Waals surface area contributed by atoms with Crippen molar-refractivity contribution in [1.82, 2.24) is 19.8 Å². The van der Waals surface area contributed by atoms with E-state index in [-0.39, 0.29) is 5.91 Å². The Balaban J connectivity index is 1.40. The van der Waals surface area contributed by atoms with Crippen molar-refractivity contribution < 1.29 is 4.79 Å². The number of nitrogens with one attached hydrogen (secondary N) is 1. The third-order valence-corrected chi connectivity index (χ3v) is 4.53. The molecular weight excluding hydrogens is 264 g/mol. The molecule has 3 rings (SSSR count). The summed E-state index contributed by atoms with van der Waals surface area (Å²) in [5.74, 6) is 1.05. The Kier molecular flexibility index (Phi) is 4.91. The number of carbonyl (C=O) groups excluding carboxylic acids is 1. The van der Waals surface area contributed by atoms with E-state index < -0.39 is 0 Å². The highest BCUT2D eigenvalue weighted by atomic mass is 16.1. The molecule has 1 N–H and O–H groups in total. The maximum absolute atomic E-state index is 12.1. The van der Waals surface area contributed by atoms with E-state index in [1.165, 1.54) is 45.2 Å². The van der Waals surface area contributed by atoms with Crippen LogP contribution in [0.3, 0.4) is 0 Å². The molecule has 0 unspecified atom stereocenters. The van der Waals surface area contributed by atoms with Crippen LogP contribution < -0.4 is 5.32 Å². The lowest BCUT2D eigenvalue weighted by atomic mass is 10.1. The SMILES string of the molecule is O=C(NCCCN1CCCCC1)c1cn2c(n1)CCCC2. The number of amides is 1. The molecule has 3 heterocycles. The van der Waals surface area contributed by atoms with Crippen LogP contribution in [0, 0.1) is 0 Å². The fourth-order valence-electron chi connectivity index (χ4n) is 3.30. The minimum atomic E-state index is -0.0180. The van der Waals surface area contributed by atoms with Gasteiger partial charge in [0.15, 0.2) is 0 Å². The molecule has 5 nitrogen and oxygen atoms in total. The molecule has 0 aliphatic carbocycles. The van der Waals surface area contributed by atoms with Crippen molar-refractivity contribution in [2.75, 3.05) is 26.2 Å². The molecular formula is C16H26N4O. The standard InChI is InChI=1S/C16H26N4O/c21-16(14-13-20-12-5-2-7-15(20)18-14)17-8-6-11-19-9-3-1-4-10-19/h13H,1-12H2,(H,17,21). The van der Waals surface area contributed by atoms with Crippen LogP contribution in [-0.2, 0) is 13.0 Å². The molecule has 2 aliphatic rings. The van der Waals surface area contributed by atoms with Gasteiger partial charge in [0.2, 0.25) is 0 Å². The minimum Gasteiger partial charge on any atom is -0.351 e. The van der Waals surface area contributed by atoms with Crippen LogP contribution in [0.4, 0.5) is 0 Å². The minimum absolute atomic E-state index is 0.0180. The van der Waals surface area contributed by atoms with E-state index in [9.17, 15) is 4.79 Å². The molecule has 1 fully saturated rings. The number of aryl methyl sites for hydroxylation is 2. The van der Waals surface area contributed by atoms with E-state index in [1.54, 1.807) is 0 Å². The van der Waals surface area contributed by atoms with Gasteiger partial charge in [0.05, 0.1) is 0 Å². The first-order valence-electron chi connectivity index (χ1n) is 8.39. The molecule has 0 spiro atoms. The van der Waals surface area contributed by atoms with Crippen LogP contribution in [0.25, 0.3) is 0 Å². The molecule has 5 heteroatoms. The number of piperidine rings is 1. The third-order valence-electron chi connectivity index (χ3n) is 4.53. The van der Waals surface area contributed by atoms with Crippen LogP contribution in [0.2, 0.25) is 0 Å². The van der Waals surface area contributed by atoms with E-state index in [1.807, 2.05) is 6.20 Å². The van der Waals surface area contributed by atoms with Crippen molar-refractivity contribution in [1.29, 1.82) is 0 Å². The zero-order valence-electron chi connectivity index (χ0n) is 12.8. The first-order chi connectivity index (χ1) is 10.3. The van der Waals surface area contributed by atoms with Crippen molar-refractivity contribution >= 4 is 5.91 Å². The summed E-state index contributed by atoms with van der Waals surface area (Å²) in [6, 6.07) is 0. The summed E-state index contributed by atoms with van der Waals surface area (Å²) in [6.45, 7) is 5.30. The van der Waals surface area contributed by atoms with E-state index in [0.717, 1.165) is 38.3 Å². The Morgan fingerprint density at radius 2 is 1.95 bits per heavy atom. The topological polar surface area (TPSA) is 50.2 Å². The normalized spacial score (nSPS) is 19.2. The highest BCUT2D eigenvalue weighted by Gasteiger charge is 2.16. The molecule has 0 aromatic carbocycles. The van der Waals surface area contributed by atoms with Crippen molar-refractivity contribution in [2.45, 2.75) is 51.5 Å². The van der Waals surface area contributed by atoms with E-state index in [4.69, 9.17) is 0 Å². The van der Waals surface area contributed by atoms with E-state index in [0.29, 0.717) is 5.69 Å². The second-order valence-corrected chi connectivity index (χ2v) is 6.20. The van der Waals surface area contributed by atoms with Crippen molar-refractivity contribution in [3.05, 3.63) is 17.7 Å².